The molecule has 1 atom stereocenters. The Morgan fingerprint density at radius 3 is 3.06 bits per heavy atom. The number of nitrogens with one attached hydrogen (secondary N) is 2. The summed E-state index contributed by atoms with van der Waals surface area (Å²) in [6.07, 6.45) is 0.767. The highest BCUT2D eigenvalue weighted by Crippen LogP contribution is 2.26. The Hall–Kier alpha value is -1.55. The normalized spacial score (nSPS) is 17.7. The van der Waals surface area contributed by atoms with Crippen LogP contribution < -0.4 is 15.4 Å². The molecule has 98 valence electrons. The molecule has 0 aliphatic carbocycles. The van der Waals surface area contributed by atoms with E-state index < -0.39 is 0 Å². The number of carbonyl (C=O) groups excluding carboxylic acids is 1. The van der Waals surface area contributed by atoms with Crippen LogP contribution in [0.2, 0.25) is 0 Å². The summed E-state index contributed by atoms with van der Waals surface area (Å²) in [5, 5.41) is 6.11. The van der Waals surface area contributed by atoms with Gasteiger partial charge in [-0.05, 0) is 24.6 Å². The fourth-order valence-electron chi connectivity index (χ4n) is 2.09. The highest BCUT2D eigenvalue weighted by Gasteiger charge is 2.25. The maximum atomic E-state index is 12.0. The lowest BCUT2D eigenvalue weighted by molar-refractivity contribution is -0.126. The maximum absolute atomic E-state index is 12.0. The van der Waals surface area contributed by atoms with Gasteiger partial charge >= 0.3 is 0 Å². The van der Waals surface area contributed by atoms with Crippen molar-refractivity contribution >= 4 is 5.91 Å². The molecule has 4 heteroatoms. The van der Waals surface area contributed by atoms with Crippen LogP contribution in [0.25, 0.3) is 0 Å². The van der Waals surface area contributed by atoms with E-state index in [2.05, 4.69) is 10.6 Å². The van der Waals surface area contributed by atoms with Gasteiger partial charge < -0.3 is 15.4 Å². The maximum Gasteiger partial charge on any atom is 0.226 e. The minimum absolute atomic E-state index is 0.0680. The summed E-state index contributed by atoms with van der Waals surface area (Å²) in [7, 11) is 0. The molecule has 1 heterocycles. The Labute approximate surface area is 108 Å². The second-order valence-electron chi connectivity index (χ2n) is 4.46. The molecule has 1 amide bonds. The average Bonchev–Trinajstić information content (AvgIpc) is 2.43. The van der Waals surface area contributed by atoms with E-state index in [1.165, 1.54) is 0 Å². The van der Waals surface area contributed by atoms with Crippen LogP contribution in [-0.4, -0.2) is 32.1 Å². The standard InChI is InChI=1S/C14H20N2O2/c1-2-15-7-8-16-14(17)12-9-11-5-3-4-6-13(11)18-10-12/h3-6,12,15H,2,7-10H2,1H3,(H,16,17). The van der Waals surface area contributed by atoms with E-state index >= 15 is 0 Å². The van der Waals surface area contributed by atoms with Gasteiger partial charge in [0.15, 0.2) is 0 Å². The minimum atomic E-state index is -0.0680. The molecule has 0 radical (unpaired) electrons. The third kappa shape index (κ3) is 3.23. The lowest BCUT2D eigenvalue weighted by atomic mass is 9.96. The molecule has 1 aliphatic rings. The van der Waals surface area contributed by atoms with Gasteiger partial charge in [-0.25, -0.2) is 0 Å². The predicted molar refractivity (Wildman–Crippen MR) is 70.7 cm³/mol. The zero-order valence-corrected chi connectivity index (χ0v) is 10.7. The van der Waals surface area contributed by atoms with Gasteiger partial charge in [0.25, 0.3) is 0 Å². The van der Waals surface area contributed by atoms with Gasteiger partial charge in [-0.1, -0.05) is 25.1 Å². The van der Waals surface area contributed by atoms with Crippen molar-refractivity contribution < 1.29 is 9.53 Å². The first kappa shape index (κ1) is 12.9. The fraction of sp³-hybridized carbons (Fsp3) is 0.500. The second kappa shape index (κ2) is 6.40. The summed E-state index contributed by atoms with van der Waals surface area (Å²) in [4.78, 5) is 12.0. The molecular weight excluding hydrogens is 228 g/mol. The summed E-state index contributed by atoms with van der Waals surface area (Å²) in [5.74, 6) is 0.929. The molecule has 2 N–H and O–H groups in total. The Morgan fingerprint density at radius 2 is 2.22 bits per heavy atom. The van der Waals surface area contributed by atoms with E-state index in [9.17, 15) is 4.79 Å². The quantitative estimate of drug-likeness (QED) is 0.763. The van der Waals surface area contributed by atoms with Crippen LogP contribution in [0.3, 0.4) is 0 Å². The number of hydrogen-bond donors (Lipinski definition) is 2. The zero-order valence-electron chi connectivity index (χ0n) is 10.7. The lowest BCUT2D eigenvalue weighted by Crippen LogP contribution is -2.40. The van der Waals surface area contributed by atoms with Crippen molar-refractivity contribution in [1.82, 2.24) is 10.6 Å². The second-order valence-corrected chi connectivity index (χ2v) is 4.46. The number of fused-ring (bicyclic) bond motifs is 1. The SMILES string of the molecule is CCNCCNC(=O)C1COc2ccccc2C1. The van der Waals surface area contributed by atoms with Gasteiger partial charge in [0, 0.05) is 13.1 Å². The van der Waals surface area contributed by atoms with Crippen molar-refractivity contribution in [2.75, 3.05) is 26.2 Å². The van der Waals surface area contributed by atoms with E-state index in [0.717, 1.165) is 30.8 Å². The van der Waals surface area contributed by atoms with Gasteiger partial charge in [0.2, 0.25) is 5.91 Å². The smallest absolute Gasteiger partial charge is 0.226 e. The largest absolute Gasteiger partial charge is 0.492 e. The molecule has 0 fully saturated rings. The molecule has 1 aromatic rings. The lowest BCUT2D eigenvalue weighted by Gasteiger charge is -2.24. The van der Waals surface area contributed by atoms with E-state index in [1.807, 2.05) is 31.2 Å². The van der Waals surface area contributed by atoms with E-state index in [0.29, 0.717) is 13.2 Å². The average molecular weight is 248 g/mol. The molecule has 1 aromatic carbocycles. The molecule has 0 bridgehead atoms. The zero-order chi connectivity index (χ0) is 12.8. The number of rotatable bonds is 5. The Balaban J connectivity index is 1.83. The summed E-state index contributed by atoms with van der Waals surface area (Å²) in [5.41, 5.74) is 1.12. The van der Waals surface area contributed by atoms with Crippen molar-refractivity contribution in [3.05, 3.63) is 29.8 Å². The van der Waals surface area contributed by atoms with Crippen LogP contribution in [0.5, 0.6) is 5.75 Å². The molecule has 1 unspecified atom stereocenters. The van der Waals surface area contributed by atoms with Crippen LogP contribution in [0.1, 0.15) is 12.5 Å². The molecule has 2 rings (SSSR count). The highest BCUT2D eigenvalue weighted by atomic mass is 16.5. The van der Waals surface area contributed by atoms with Crippen molar-refractivity contribution in [2.24, 2.45) is 5.92 Å². The van der Waals surface area contributed by atoms with Crippen molar-refractivity contribution in [3.8, 4) is 5.75 Å². The van der Waals surface area contributed by atoms with Gasteiger partial charge in [0.1, 0.15) is 12.4 Å². The van der Waals surface area contributed by atoms with Gasteiger partial charge in [0.05, 0.1) is 5.92 Å². The number of carbonyl (C=O) groups is 1. The number of hydrogen-bond acceptors (Lipinski definition) is 3. The van der Waals surface area contributed by atoms with E-state index in [1.54, 1.807) is 0 Å². The molecule has 4 nitrogen and oxygen atoms in total. The highest BCUT2D eigenvalue weighted by molar-refractivity contribution is 5.79. The first-order valence-electron chi connectivity index (χ1n) is 6.50. The number of para-hydroxylation sites is 1. The Kier molecular flexibility index (Phi) is 4.59. The van der Waals surface area contributed by atoms with Crippen LogP contribution in [0.15, 0.2) is 24.3 Å². The third-order valence-electron chi connectivity index (χ3n) is 3.10. The summed E-state index contributed by atoms with van der Waals surface area (Å²) < 4.78 is 5.61. The monoisotopic (exact) mass is 248 g/mol. The van der Waals surface area contributed by atoms with Gasteiger partial charge in [-0.15, -0.1) is 0 Å². The Bertz CT molecular complexity index is 407. The van der Waals surface area contributed by atoms with E-state index in [-0.39, 0.29) is 11.8 Å². The van der Waals surface area contributed by atoms with Crippen molar-refractivity contribution in [1.29, 1.82) is 0 Å². The third-order valence-corrected chi connectivity index (χ3v) is 3.10. The molecule has 18 heavy (non-hydrogen) atoms. The molecule has 0 saturated heterocycles. The Morgan fingerprint density at radius 1 is 1.39 bits per heavy atom. The number of amides is 1. The predicted octanol–water partition coefficient (Wildman–Crippen LogP) is 0.963. The van der Waals surface area contributed by atoms with Crippen molar-refractivity contribution in [2.45, 2.75) is 13.3 Å². The molecule has 1 aliphatic heterocycles. The van der Waals surface area contributed by atoms with Crippen molar-refractivity contribution in [3.63, 3.8) is 0 Å². The minimum Gasteiger partial charge on any atom is -0.492 e. The fourth-order valence-corrected chi connectivity index (χ4v) is 2.09. The molecular formula is C14H20N2O2. The first-order chi connectivity index (χ1) is 8.81. The van der Waals surface area contributed by atoms with Gasteiger partial charge in [-0.3, -0.25) is 4.79 Å². The number of likely N-dealkylation sites (N-methyl/N-ethyl adjacent to an activating group) is 1. The van der Waals surface area contributed by atoms with Crippen LogP contribution in [0, 0.1) is 5.92 Å². The van der Waals surface area contributed by atoms with E-state index in [4.69, 9.17) is 4.74 Å². The van der Waals surface area contributed by atoms with Crippen LogP contribution in [-0.2, 0) is 11.2 Å². The first-order valence-corrected chi connectivity index (χ1v) is 6.50. The van der Waals surface area contributed by atoms with Gasteiger partial charge in [-0.2, -0.15) is 0 Å². The van der Waals surface area contributed by atoms with Crippen LogP contribution >= 0.6 is 0 Å². The molecule has 0 spiro atoms. The van der Waals surface area contributed by atoms with Crippen LogP contribution in [0.4, 0.5) is 0 Å². The molecule has 0 aromatic heterocycles. The summed E-state index contributed by atoms with van der Waals surface area (Å²) in [6, 6.07) is 7.91. The number of ether oxygens (including phenoxy) is 1. The molecule has 0 saturated carbocycles. The number of benzene rings is 1. The topological polar surface area (TPSA) is 50.4 Å². The summed E-state index contributed by atoms with van der Waals surface area (Å²) in [6.45, 7) is 4.94. The summed E-state index contributed by atoms with van der Waals surface area (Å²) >= 11 is 0.